The zero-order chi connectivity index (χ0) is 12.1. The van der Waals surface area contributed by atoms with Gasteiger partial charge in [0.15, 0.2) is 0 Å². The van der Waals surface area contributed by atoms with Crippen molar-refractivity contribution in [2.45, 2.75) is 13.3 Å². The Balaban J connectivity index is 2.17. The molecule has 0 amide bonds. The van der Waals surface area contributed by atoms with Crippen LogP contribution in [0.2, 0.25) is 0 Å². The molecule has 0 aromatic heterocycles. The predicted octanol–water partition coefficient (Wildman–Crippen LogP) is 3.71. The fraction of sp³-hybridized carbons (Fsp3) is 0.133. The number of aryl methyl sites for hydroxylation is 1. The van der Waals surface area contributed by atoms with Gasteiger partial charge in [0.2, 0.25) is 0 Å². The molecule has 0 heterocycles. The zero-order valence-electron chi connectivity index (χ0n) is 9.80. The lowest BCUT2D eigenvalue weighted by atomic mass is 10.1. The maximum absolute atomic E-state index is 9.58. The van der Waals surface area contributed by atoms with Crippen LogP contribution in [0, 0.1) is 0 Å². The van der Waals surface area contributed by atoms with Gasteiger partial charge in [-0.05, 0) is 36.2 Å². The number of rotatable bonds is 3. The first-order chi connectivity index (χ1) is 8.29. The van der Waals surface area contributed by atoms with Gasteiger partial charge in [0.1, 0.15) is 5.75 Å². The molecule has 17 heavy (non-hydrogen) atoms. The van der Waals surface area contributed by atoms with Crippen LogP contribution in [-0.2, 0) is 6.42 Å². The third-order valence-corrected chi connectivity index (χ3v) is 2.63. The molecule has 2 aromatic carbocycles. The van der Waals surface area contributed by atoms with Crippen molar-refractivity contribution < 1.29 is 5.11 Å². The zero-order valence-corrected chi connectivity index (χ0v) is 9.80. The summed E-state index contributed by atoms with van der Waals surface area (Å²) in [6.45, 7) is 2.13. The number of hydrogen-bond donors (Lipinski definition) is 1. The van der Waals surface area contributed by atoms with E-state index in [-0.39, 0.29) is 5.75 Å². The quantitative estimate of drug-likeness (QED) is 0.793. The lowest BCUT2D eigenvalue weighted by Crippen LogP contribution is -1.81. The Morgan fingerprint density at radius 2 is 1.76 bits per heavy atom. The van der Waals surface area contributed by atoms with Crippen molar-refractivity contribution in [3.05, 3.63) is 59.7 Å². The van der Waals surface area contributed by atoms with Crippen molar-refractivity contribution in [2.75, 3.05) is 0 Å². The van der Waals surface area contributed by atoms with Crippen LogP contribution in [0.25, 0.3) is 0 Å². The minimum absolute atomic E-state index is 0.251. The van der Waals surface area contributed by atoms with Crippen LogP contribution in [-0.4, -0.2) is 11.3 Å². The van der Waals surface area contributed by atoms with Crippen molar-refractivity contribution in [3.8, 4) is 5.75 Å². The highest BCUT2D eigenvalue weighted by atomic mass is 16.3. The summed E-state index contributed by atoms with van der Waals surface area (Å²) in [5, 5.41) is 9.58. The van der Waals surface area contributed by atoms with Gasteiger partial charge in [-0.1, -0.05) is 31.2 Å². The summed E-state index contributed by atoms with van der Waals surface area (Å²) in [5.41, 5.74) is 2.92. The molecule has 86 valence electrons. The molecule has 0 unspecified atom stereocenters. The van der Waals surface area contributed by atoms with E-state index in [1.165, 1.54) is 5.56 Å². The van der Waals surface area contributed by atoms with E-state index in [2.05, 4.69) is 24.0 Å². The molecular formula is C15H15NO. The smallest absolute Gasteiger partial charge is 0.124 e. The Labute approximate surface area is 101 Å². The summed E-state index contributed by atoms with van der Waals surface area (Å²) < 4.78 is 0. The largest absolute Gasteiger partial charge is 0.507 e. The lowest BCUT2D eigenvalue weighted by Gasteiger charge is -1.98. The molecule has 0 fully saturated rings. The monoisotopic (exact) mass is 225 g/mol. The van der Waals surface area contributed by atoms with Crippen molar-refractivity contribution in [1.29, 1.82) is 0 Å². The minimum Gasteiger partial charge on any atom is -0.507 e. The molecule has 0 radical (unpaired) electrons. The van der Waals surface area contributed by atoms with Crippen LogP contribution in [0.1, 0.15) is 18.1 Å². The van der Waals surface area contributed by atoms with E-state index in [9.17, 15) is 5.11 Å². The summed E-state index contributed by atoms with van der Waals surface area (Å²) >= 11 is 0. The summed E-state index contributed by atoms with van der Waals surface area (Å²) in [4.78, 5) is 4.33. The highest BCUT2D eigenvalue weighted by Crippen LogP contribution is 2.16. The second-order valence-corrected chi connectivity index (χ2v) is 3.84. The molecule has 0 spiro atoms. The van der Waals surface area contributed by atoms with Gasteiger partial charge in [0.05, 0.1) is 5.69 Å². The van der Waals surface area contributed by atoms with Crippen LogP contribution in [0.4, 0.5) is 5.69 Å². The standard InChI is InChI=1S/C15H15NO/c1-2-12-7-9-14(10-8-12)16-11-13-5-3-4-6-15(13)17/h3-11,17H,2H2,1H3. The van der Waals surface area contributed by atoms with Gasteiger partial charge in [0, 0.05) is 11.8 Å². The molecule has 2 aromatic rings. The molecule has 0 aliphatic rings. The number of phenolic OH excluding ortho intramolecular Hbond substituents is 1. The molecule has 0 aliphatic carbocycles. The number of aromatic hydroxyl groups is 1. The highest BCUT2D eigenvalue weighted by molar-refractivity contribution is 5.85. The van der Waals surface area contributed by atoms with E-state index in [1.807, 2.05) is 24.3 Å². The Morgan fingerprint density at radius 3 is 2.41 bits per heavy atom. The predicted molar refractivity (Wildman–Crippen MR) is 71.2 cm³/mol. The third-order valence-electron chi connectivity index (χ3n) is 2.63. The molecule has 0 saturated heterocycles. The average molecular weight is 225 g/mol. The van der Waals surface area contributed by atoms with E-state index >= 15 is 0 Å². The maximum atomic E-state index is 9.58. The van der Waals surface area contributed by atoms with E-state index in [0.29, 0.717) is 0 Å². The van der Waals surface area contributed by atoms with Gasteiger partial charge < -0.3 is 5.11 Å². The third kappa shape index (κ3) is 2.94. The molecule has 1 N–H and O–H groups in total. The van der Waals surface area contributed by atoms with Gasteiger partial charge in [-0.25, -0.2) is 0 Å². The maximum Gasteiger partial charge on any atom is 0.124 e. The Morgan fingerprint density at radius 1 is 1.06 bits per heavy atom. The lowest BCUT2D eigenvalue weighted by molar-refractivity contribution is 0.474. The van der Waals surface area contributed by atoms with Crippen LogP contribution in [0.3, 0.4) is 0 Å². The fourth-order valence-electron chi connectivity index (χ4n) is 1.56. The minimum atomic E-state index is 0.251. The van der Waals surface area contributed by atoms with Gasteiger partial charge >= 0.3 is 0 Å². The van der Waals surface area contributed by atoms with E-state index in [4.69, 9.17) is 0 Å². The van der Waals surface area contributed by atoms with E-state index in [1.54, 1.807) is 18.3 Å². The van der Waals surface area contributed by atoms with Crippen LogP contribution in [0.5, 0.6) is 5.75 Å². The number of aliphatic imine (C=N–C) groups is 1. The summed E-state index contributed by atoms with van der Waals surface area (Å²) in [6, 6.07) is 15.3. The highest BCUT2D eigenvalue weighted by Gasteiger charge is 1.95. The molecule has 0 saturated carbocycles. The van der Waals surface area contributed by atoms with Gasteiger partial charge in [-0.3, -0.25) is 4.99 Å². The van der Waals surface area contributed by atoms with E-state index < -0.39 is 0 Å². The fourth-order valence-corrected chi connectivity index (χ4v) is 1.56. The van der Waals surface area contributed by atoms with Gasteiger partial charge in [-0.15, -0.1) is 0 Å². The SMILES string of the molecule is CCc1ccc(N=Cc2ccccc2O)cc1. The first-order valence-electron chi connectivity index (χ1n) is 5.70. The summed E-state index contributed by atoms with van der Waals surface area (Å²) in [6.07, 6.45) is 2.71. The molecule has 2 rings (SSSR count). The number of nitrogens with zero attached hydrogens (tertiary/aromatic N) is 1. The molecule has 0 aliphatic heterocycles. The number of benzene rings is 2. The normalized spacial score (nSPS) is 10.9. The van der Waals surface area contributed by atoms with Gasteiger partial charge in [0.25, 0.3) is 0 Å². The Hall–Kier alpha value is -2.09. The number of phenols is 1. The van der Waals surface area contributed by atoms with Crippen LogP contribution in [0.15, 0.2) is 53.5 Å². The van der Waals surface area contributed by atoms with Crippen molar-refractivity contribution in [1.82, 2.24) is 0 Å². The summed E-state index contributed by atoms with van der Waals surface area (Å²) in [5.74, 6) is 0.251. The van der Waals surface area contributed by atoms with Crippen molar-refractivity contribution in [3.63, 3.8) is 0 Å². The second-order valence-electron chi connectivity index (χ2n) is 3.84. The molecule has 0 atom stereocenters. The first kappa shape index (κ1) is 11.4. The molecule has 0 bridgehead atoms. The number of hydrogen-bond acceptors (Lipinski definition) is 2. The number of para-hydroxylation sites is 1. The first-order valence-corrected chi connectivity index (χ1v) is 5.70. The molecule has 2 nitrogen and oxygen atoms in total. The molecule has 2 heteroatoms. The van der Waals surface area contributed by atoms with Crippen LogP contribution >= 0.6 is 0 Å². The topological polar surface area (TPSA) is 32.6 Å². The van der Waals surface area contributed by atoms with Gasteiger partial charge in [-0.2, -0.15) is 0 Å². The average Bonchev–Trinajstić information content (AvgIpc) is 2.38. The summed E-state index contributed by atoms with van der Waals surface area (Å²) in [7, 11) is 0. The van der Waals surface area contributed by atoms with E-state index in [0.717, 1.165) is 17.7 Å². The van der Waals surface area contributed by atoms with Crippen molar-refractivity contribution in [2.24, 2.45) is 4.99 Å². The second kappa shape index (κ2) is 5.30. The van der Waals surface area contributed by atoms with Crippen LogP contribution < -0.4 is 0 Å². The van der Waals surface area contributed by atoms with Crippen molar-refractivity contribution >= 4 is 11.9 Å². The molecular weight excluding hydrogens is 210 g/mol. The Bertz CT molecular complexity index is 515. The Kier molecular flexibility index (Phi) is 3.55.